The molecular formula is C25H31NO5. The van der Waals surface area contributed by atoms with Crippen LogP contribution in [0.2, 0.25) is 0 Å². The van der Waals surface area contributed by atoms with Crippen LogP contribution in [0.4, 0.5) is 4.79 Å². The largest absolute Gasteiger partial charge is 0.442 e. The van der Waals surface area contributed by atoms with Crippen LogP contribution in [0.3, 0.4) is 0 Å². The Balaban J connectivity index is 1.78. The third kappa shape index (κ3) is 6.15. The van der Waals surface area contributed by atoms with Gasteiger partial charge in [-0.2, -0.15) is 5.06 Å². The Bertz CT molecular complexity index is 886. The molecule has 0 saturated carbocycles. The Kier molecular flexibility index (Phi) is 7.13. The van der Waals surface area contributed by atoms with Crippen LogP contribution in [-0.4, -0.2) is 35.3 Å². The quantitative estimate of drug-likeness (QED) is 0.579. The summed E-state index contributed by atoms with van der Waals surface area (Å²) in [5.74, 6) is 0.325. The molecule has 0 aromatic heterocycles. The summed E-state index contributed by atoms with van der Waals surface area (Å²) >= 11 is 0. The topological polar surface area (TPSA) is 65.1 Å². The highest BCUT2D eigenvalue weighted by atomic mass is 16.8. The molecular weight excluding hydrogens is 394 g/mol. The molecule has 6 nitrogen and oxygen atoms in total. The zero-order chi connectivity index (χ0) is 22.6. The van der Waals surface area contributed by atoms with Crippen LogP contribution in [-0.2, 0) is 14.3 Å². The zero-order valence-corrected chi connectivity index (χ0v) is 18.8. The van der Waals surface area contributed by atoms with Gasteiger partial charge in [0, 0.05) is 17.5 Å². The normalized spacial score (nSPS) is 19.4. The number of amides is 1. The molecule has 1 heterocycles. The maximum atomic E-state index is 12.9. The number of rotatable bonds is 5. The van der Waals surface area contributed by atoms with E-state index in [1.807, 2.05) is 42.5 Å². The second-order valence-corrected chi connectivity index (χ2v) is 9.03. The third-order valence-electron chi connectivity index (χ3n) is 4.89. The molecule has 0 unspecified atom stereocenters. The van der Waals surface area contributed by atoms with Crippen LogP contribution in [0, 0.1) is 0 Å². The molecule has 0 radical (unpaired) electrons. The van der Waals surface area contributed by atoms with E-state index in [1.165, 1.54) is 5.56 Å². The Labute approximate surface area is 184 Å². The van der Waals surface area contributed by atoms with Crippen molar-refractivity contribution in [1.82, 2.24) is 5.06 Å². The second-order valence-electron chi connectivity index (χ2n) is 9.03. The van der Waals surface area contributed by atoms with Crippen LogP contribution in [0.25, 0.3) is 0 Å². The van der Waals surface area contributed by atoms with Crippen molar-refractivity contribution in [1.29, 1.82) is 0 Å². The third-order valence-corrected chi connectivity index (χ3v) is 4.89. The highest BCUT2D eigenvalue weighted by Crippen LogP contribution is 2.31. The minimum Gasteiger partial charge on any atom is -0.442 e. The molecule has 2 aromatic rings. The van der Waals surface area contributed by atoms with Gasteiger partial charge in [0.2, 0.25) is 0 Å². The monoisotopic (exact) mass is 425 g/mol. The van der Waals surface area contributed by atoms with Crippen molar-refractivity contribution in [3.8, 4) is 0 Å². The van der Waals surface area contributed by atoms with E-state index >= 15 is 0 Å². The SMILES string of the molecule is CC(C)c1ccc([C@H]2OC[C@@H](CC(=O)c3ccccc3)ON2C(=O)OC(C)(C)C)cc1. The Morgan fingerprint density at radius 3 is 2.29 bits per heavy atom. The number of ketones is 1. The summed E-state index contributed by atoms with van der Waals surface area (Å²) in [4.78, 5) is 31.4. The minimum atomic E-state index is -0.751. The molecule has 2 atom stereocenters. The van der Waals surface area contributed by atoms with Gasteiger partial charge in [-0.15, -0.1) is 0 Å². The number of hydrogen-bond acceptors (Lipinski definition) is 5. The van der Waals surface area contributed by atoms with E-state index in [2.05, 4.69) is 13.8 Å². The van der Waals surface area contributed by atoms with Gasteiger partial charge in [-0.1, -0.05) is 68.4 Å². The molecule has 6 heteroatoms. The highest BCUT2D eigenvalue weighted by Gasteiger charge is 2.38. The van der Waals surface area contributed by atoms with Crippen LogP contribution >= 0.6 is 0 Å². The molecule has 0 N–H and O–H groups in total. The van der Waals surface area contributed by atoms with Crippen molar-refractivity contribution in [3.05, 3.63) is 71.3 Å². The number of nitrogens with zero attached hydrogens (tertiary/aromatic N) is 1. The number of Topliss-reactive ketones (excluding diaryl/α,β-unsaturated/α-hetero) is 1. The second kappa shape index (κ2) is 9.62. The fraction of sp³-hybridized carbons (Fsp3) is 0.440. The molecule has 2 aromatic carbocycles. The van der Waals surface area contributed by atoms with E-state index in [1.54, 1.807) is 32.9 Å². The number of carbonyl (C=O) groups excluding carboxylic acids is 2. The standard InChI is InChI=1S/C25H31NO5/c1-17(2)18-11-13-20(14-12-18)23-26(24(28)30-25(3,4)5)31-21(16-29-23)15-22(27)19-9-7-6-8-10-19/h6-14,17,21,23H,15-16H2,1-5H3/t21-,23-/m1/s1. The molecule has 1 amide bonds. The summed E-state index contributed by atoms with van der Waals surface area (Å²) in [6.45, 7) is 9.80. The molecule has 31 heavy (non-hydrogen) atoms. The number of hydroxylamine groups is 2. The lowest BCUT2D eigenvalue weighted by molar-refractivity contribution is -0.312. The summed E-state index contributed by atoms with van der Waals surface area (Å²) in [6, 6.07) is 16.9. The fourth-order valence-corrected chi connectivity index (χ4v) is 3.28. The molecule has 1 aliphatic rings. The predicted octanol–water partition coefficient (Wildman–Crippen LogP) is 5.65. The van der Waals surface area contributed by atoms with E-state index in [9.17, 15) is 9.59 Å². The fourth-order valence-electron chi connectivity index (χ4n) is 3.28. The van der Waals surface area contributed by atoms with Gasteiger partial charge >= 0.3 is 6.09 Å². The van der Waals surface area contributed by atoms with Crippen molar-refractivity contribution in [2.45, 2.75) is 64.9 Å². The number of benzene rings is 2. The van der Waals surface area contributed by atoms with Gasteiger partial charge in [-0.25, -0.2) is 4.79 Å². The van der Waals surface area contributed by atoms with Crippen molar-refractivity contribution in [2.24, 2.45) is 0 Å². The highest BCUT2D eigenvalue weighted by molar-refractivity contribution is 5.96. The van der Waals surface area contributed by atoms with Crippen LogP contribution < -0.4 is 0 Å². The predicted molar refractivity (Wildman–Crippen MR) is 118 cm³/mol. The summed E-state index contributed by atoms with van der Waals surface area (Å²) in [6.07, 6.45) is -1.89. The molecule has 1 saturated heterocycles. The van der Waals surface area contributed by atoms with Gasteiger partial charge < -0.3 is 9.47 Å². The first-order chi connectivity index (χ1) is 14.6. The number of hydrogen-bond donors (Lipinski definition) is 0. The summed E-state index contributed by atoms with van der Waals surface area (Å²) in [5.41, 5.74) is 1.87. The Morgan fingerprint density at radius 2 is 1.71 bits per heavy atom. The van der Waals surface area contributed by atoms with E-state index in [4.69, 9.17) is 14.3 Å². The lowest BCUT2D eigenvalue weighted by atomic mass is 10.0. The molecule has 0 bridgehead atoms. The van der Waals surface area contributed by atoms with Gasteiger partial charge in [0.15, 0.2) is 12.0 Å². The number of ether oxygens (including phenoxy) is 2. The van der Waals surface area contributed by atoms with Gasteiger partial charge in [-0.3, -0.25) is 9.63 Å². The number of carbonyl (C=O) groups is 2. The Hall–Kier alpha value is -2.70. The van der Waals surface area contributed by atoms with Crippen molar-refractivity contribution in [2.75, 3.05) is 6.61 Å². The van der Waals surface area contributed by atoms with Gasteiger partial charge in [0.25, 0.3) is 0 Å². The lowest BCUT2D eigenvalue weighted by Gasteiger charge is -2.39. The average Bonchev–Trinajstić information content (AvgIpc) is 2.73. The van der Waals surface area contributed by atoms with E-state index in [-0.39, 0.29) is 18.8 Å². The van der Waals surface area contributed by atoms with Crippen LogP contribution in [0.5, 0.6) is 0 Å². The van der Waals surface area contributed by atoms with Crippen molar-refractivity contribution < 1.29 is 23.9 Å². The maximum absolute atomic E-state index is 12.9. The lowest BCUT2D eigenvalue weighted by Crippen LogP contribution is -2.48. The van der Waals surface area contributed by atoms with Gasteiger partial charge in [0.1, 0.15) is 11.7 Å². The molecule has 0 spiro atoms. The smallest absolute Gasteiger partial charge is 0.437 e. The van der Waals surface area contributed by atoms with Crippen molar-refractivity contribution in [3.63, 3.8) is 0 Å². The summed E-state index contributed by atoms with van der Waals surface area (Å²) in [7, 11) is 0. The van der Waals surface area contributed by atoms with Gasteiger partial charge in [0.05, 0.1) is 6.61 Å². The first kappa shape index (κ1) is 23.0. The average molecular weight is 426 g/mol. The summed E-state index contributed by atoms with van der Waals surface area (Å²) in [5, 5.41) is 1.11. The van der Waals surface area contributed by atoms with E-state index in [0.29, 0.717) is 11.5 Å². The Morgan fingerprint density at radius 1 is 1.06 bits per heavy atom. The van der Waals surface area contributed by atoms with Crippen molar-refractivity contribution >= 4 is 11.9 Å². The van der Waals surface area contributed by atoms with Crippen LogP contribution in [0.1, 0.15) is 74.7 Å². The molecule has 3 rings (SSSR count). The van der Waals surface area contributed by atoms with E-state index in [0.717, 1.165) is 10.6 Å². The zero-order valence-electron chi connectivity index (χ0n) is 18.8. The first-order valence-corrected chi connectivity index (χ1v) is 10.6. The van der Waals surface area contributed by atoms with Gasteiger partial charge in [-0.05, 0) is 32.3 Å². The summed E-state index contributed by atoms with van der Waals surface area (Å²) < 4.78 is 11.5. The van der Waals surface area contributed by atoms with Crippen LogP contribution in [0.15, 0.2) is 54.6 Å². The maximum Gasteiger partial charge on any atom is 0.437 e. The molecule has 1 fully saturated rings. The first-order valence-electron chi connectivity index (χ1n) is 10.6. The minimum absolute atomic E-state index is 0.0712. The molecule has 166 valence electrons. The molecule has 1 aliphatic heterocycles. The molecule has 0 aliphatic carbocycles. The van der Waals surface area contributed by atoms with E-state index < -0.39 is 24.0 Å².